The van der Waals surface area contributed by atoms with Crippen molar-refractivity contribution in [1.82, 2.24) is 4.72 Å². The smallest absolute Gasteiger partial charge is 0.241 e. The van der Waals surface area contributed by atoms with E-state index in [0.29, 0.717) is 15.4 Å². The molecule has 0 bridgehead atoms. The van der Waals surface area contributed by atoms with Crippen LogP contribution in [0.4, 0.5) is 5.69 Å². The summed E-state index contributed by atoms with van der Waals surface area (Å²) < 4.78 is 28.1. The first-order valence-corrected chi connectivity index (χ1v) is 10.1. The summed E-state index contributed by atoms with van der Waals surface area (Å²) in [5.74, 6) is 0. The Labute approximate surface area is 133 Å². The lowest BCUT2D eigenvalue weighted by atomic mass is 9.96. The second kappa shape index (κ2) is 6.68. The molecule has 0 saturated heterocycles. The van der Waals surface area contributed by atoms with E-state index in [9.17, 15) is 8.42 Å². The molecule has 0 unspecified atom stereocenters. The minimum atomic E-state index is -3.49. The van der Waals surface area contributed by atoms with Crippen LogP contribution in [-0.4, -0.2) is 26.0 Å². The number of benzene rings is 1. The van der Waals surface area contributed by atoms with Gasteiger partial charge in [0.1, 0.15) is 0 Å². The zero-order chi connectivity index (χ0) is 14.8. The van der Waals surface area contributed by atoms with Gasteiger partial charge >= 0.3 is 0 Å². The van der Waals surface area contributed by atoms with E-state index in [-0.39, 0.29) is 10.9 Å². The Hall–Kier alpha value is -0.240. The molecule has 3 N–H and O–H groups in total. The quantitative estimate of drug-likeness (QED) is 0.789. The molecule has 2 rings (SSSR count). The zero-order valence-corrected chi connectivity index (χ0v) is 14.5. The second-order valence-electron chi connectivity index (χ2n) is 5.02. The average molecular weight is 379 g/mol. The average Bonchev–Trinajstić information content (AvgIpc) is 2.38. The van der Waals surface area contributed by atoms with E-state index in [1.54, 1.807) is 12.1 Å². The standard InChI is InChI=1S/C13H19BrN2O2S2/c1-19-11-5-3-10(4-6-11)16-20(17,18)13-7-2-9(15)8-12(13)14/h2,7-8,10-11,16H,3-6,15H2,1H3. The van der Waals surface area contributed by atoms with E-state index in [0.717, 1.165) is 25.7 Å². The molecule has 112 valence electrons. The fourth-order valence-electron chi connectivity index (χ4n) is 2.43. The number of sulfonamides is 1. The summed E-state index contributed by atoms with van der Waals surface area (Å²) >= 11 is 5.13. The van der Waals surface area contributed by atoms with Crippen molar-refractivity contribution >= 4 is 43.4 Å². The van der Waals surface area contributed by atoms with Gasteiger partial charge in [0.15, 0.2) is 0 Å². The fraction of sp³-hybridized carbons (Fsp3) is 0.538. The van der Waals surface area contributed by atoms with Crippen LogP contribution in [0.15, 0.2) is 27.6 Å². The molecule has 0 radical (unpaired) electrons. The van der Waals surface area contributed by atoms with E-state index in [1.807, 2.05) is 11.8 Å². The lowest BCUT2D eigenvalue weighted by Crippen LogP contribution is -2.38. The highest BCUT2D eigenvalue weighted by Crippen LogP contribution is 2.29. The van der Waals surface area contributed by atoms with Crippen LogP contribution in [0.1, 0.15) is 25.7 Å². The van der Waals surface area contributed by atoms with Crippen molar-refractivity contribution in [1.29, 1.82) is 0 Å². The maximum Gasteiger partial charge on any atom is 0.241 e. The number of thioether (sulfide) groups is 1. The molecule has 1 aromatic rings. The van der Waals surface area contributed by atoms with Crippen molar-refractivity contribution in [2.24, 2.45) is 0 Å². The molecule has 0 amide bonds. The van der Waals surface area contributed by atoms with Gasteiger partial charge < -0.3 is 5.73 Å². The Morgan fingerprint density at radius 1 is 1.30 bits per heavy atom. The number of nitrogens with one attached hydrogen (secondary N) is 1. The third kappa shape index (κ3) is 3.90. The van der Waals surface area contributed by atoms with Crippen molar-refractivity contribution in [2.45, 2.75) is 41.9 Å². The number of hydrogen-bond donors (Lipinski definition) is 2. The lowest BCUT2D eigenvalue weighted by molar-refractivity contribution is 0.420. The van der Waals surface area contributed by atoms with Gasteiger partial charge in [-0.2, -0.15) is 11.8 Å². The first-order chi connectivity index (χ1) is 9.42. The molecule has 20 heavy (non-hydrogen) atoms. The molecule has 7 heteroatoms. The summed E-state index contributed by atoms with van der Waals surface area (Å²) in [5, 5.41) is 0.666. The summed E-state index contributed by atoms with van der Waals surface area (Å²) in [5.41, 5.74) is 6.18. The molecule has 0 spiro atoms. The van der Waals surface area contributed by atoms with Crippen LogP contribution in [0.5, 0.6) is 0 Å². The van der Waals surface area contributed by atoms with Gasteiger partial charge in [-0.25, -0.2) is 13.1 Å². The van der Waals surface area contributed by atoms with Gasteiger partial charge in [0, 0.05) is 21.5 Å². The molecule has 0 aromatic heterocycles. The van der Waals surface area contributed by atoms with Crippen LogP contribution >= 0.6 is 27.7 Å². The molecule has 0 aliphatic heterocycles. The normalized spacial score (nSPS) is 23.7. The van der Waals surface area contributed by atoms with Crippen LogP contribution in [0, 0.1) is 0 Å². The molecule has 0 atom stereocenters. The Kier molecular flexibility index (Phi) is 5.39. The highest BCUT2D eigenvalue weighted by Gasteiger charge is 2.26. The van der Waals surface area contributed by atoms with E-state index >= 15 is 0 Å². The molecule has 4 nitrogen and oxygen atoms in total. The number of hydrogen-bond acceptors (Lipinski definition) is 4. The van der Waals surface area contributed by atoms with E-state index in [2.05, 4.69) is 26.9 Å². The molecular formula is C13H19BrN2O2S2. The van der Waals surface area contributed by atoms with Crippen LogP contribution < -0.4 is 10.5 Å². The van der Waals surface area contributed by atoms with Crippen molar-refractivity contribution < 1.29 is 8.42 Å². The van der Waals surface area contributed by atoms with Gasteiger partial charge in [0.2, 0.25) is 10.0 Å². The summed E-state index contributed by atoms with van der Waals surface area (Å²) in [6.45, 7) is 0. The molecule has 1 aliphatic rings. The number of nitrogen functional groups attached to an aromatic ring is 1. The largest absolute Gasteiger partial charge is 0.399 e. The zero-order valence-electron chi connectivity index (χ0n) is 11.3. The van der Waals surface area contributed by atoms with Gasteiger partial charge in [-0.3, -0.25) is 0 Å². The van der Waals surface area contributed by atoms with Gasteiger partial charge in [-0.1, -0.05) is 0 Å². The third-order valence-corrected chi connectivity index (χ3v) is 7.21. The van der Waals surface area contributed by atoms with Crippen molar-refractivity contribution in [3.8, 4) is 0 Å². The molecule has 1 aromatic carbocycles. The first kappa shape index (κ1) is 16.1. The SMILES string of the molecule is CSC1CCC(NS(=O)(=O)c2ccc(N)cc2Br)CC1. The molecule has 0 heterocycles. The Morgan fingerprint density at radius 2 is 1.95 bits per heavy atom. The molecule has 1 fully saturated rings. The van der Waals surface area contributed by atoms with Crippen LogP contribution in [0.3, 0.4) is 0 Å². The minimum Gasteiger partial charge on any atom is -0.399 e. The first-order valence-electron chi connectivity index (χ1n) is 6.52. The fourth-order valence-corrected chi connectivity index (χ4v) is 5.58. The number of halogens is 1. The topological polar surface area (TPSA) is 72.2 Å². The van der Waals surface area contributed by atoms with Crippen molar-refractivity contribution in [2.75, 3.05) is 12.0 Å². The van der Waals surface area contributed by atoms with Gasteiger partial charge in [0.05, 0.1) is 4.90 Å². The Bertz CT molecular complexity index is 570. The second-order valence-corrected chi connectivity index (χ2v) is 8.70. The van der Waals surface area contributed by atoms with E-state index in [4.69, 9.17) is 5.73 Å². The van der Waals surface area contributed by atoms with Crippen molar-refractivity contribution in [3.05, 3.63) is 22.7 Å². The lowest BCUT2D eigenvalue weighted by Gasteiger charge is -2.28. The summed E-state index contributed by atoms with van der Waals surface area (Å²) in [6.07, 6.45) is 6.05. The molecule has 1 aliphatic carbocycles. The maximum absolute atomic E-state index is 12.4. The minimum absolute atomic E-state index is 0.0350. The molecular weight excluding hydrogens is 360 g/mol. The highest BCUT2D eigenvalue weighted by molar-refractivity contribution is 9.10. The number of nitrogens with two attached hydrogens (primary N) is 1. The van der Waals surface area contributed by atoms with Gasteiger partial charge in [0.25, 0.3) is 0 Å². The van der Waals surface area contributed by atoms with Crippen molar-refractivity contribution in [3.63, 3.8) is 0 Å². The van der Waals surface area contributed by atoms with Crippen LogP contribution in [-0.2, 0) is 10.0 Å². The number of rotatable bonds is 4. The monoisotopic (exact) mass is 378 g/mol. The Balaban J connectivity index is 2.08. The van der Waals surface area contributed by atoms with Gasteiger partial charge in [-0.05, 0) is 66.1 Å². The predicted octanol–water partition coefficient (Wildman–Crippen LogP) is 2.98. The Morgan fingerprint density at radius 3 is 2.50 bits per heavy atom. The summed E-state index contributed by atoms with van der Waals surface area (Å²) in [7, 11) is -3.49. The van der Waals surface area contributed by atoms with E-state index < -0.39 is 10.0 Å². The van der Waals surface area contributed by atoms with Crippen LogP contribution in [0.2, 0.25) is 0 Å². The maximum atomic E-state index is 12.4. The van der Waals surface area contributed by atoms with E-state index in [1.165, 1.54) is 6.07 Å². The predicted molar refractivity (Wildman–Crippen MR) is 88.4 cm³/mol. The highest BCUT2D eigenvalue weighted by atomic mass is 79.9. The number of anilines is 1. The third-order valence-electron chi connectivity index (χ3n) is 3.57. The summed E-state index contributed by atoms with van der Waals surface area (Å²) in [4.78, 5) is 0.249. The summed E-state index contributed by atoms with van der Waals surface area (Å²) in [6, 6.07) is 4.78. The molecule has 1 saturated carbocycles. The van der Waals surface area contributed by atoms with Gasteiger partial charge in [-0.15, -0.1) is 0 Å². The van der Waals surface area contributed by atoms with Crippen LogP contribution in [0.25, 0.3) is 0 Å².